The summed E-state index contributed by atoms with van der Waals surface area (Å²) in [5, 5.41) is 0. The van der Waals surface area contributed by atoms with E-state index in [1.807, 2.05) is 0 Å². The molecule has 0 saturated heterocycles. The van der Waals surface area contributed by atoms with E-state index in [4.69, 9.17) is 10.5 Å². The van der Waals surface area contributed by atoms with Gasteiger partial charge < -0.3 is 10.5 Å². The minimum atomic E-state index is -0.632. The SMILES string of the molecule is CO[C@@H](C)c1cc(=O)n2cc(N)cc(F)c2n1. The van der Waals surface area contributed by atoms with Gasteiger partial charge >= 0.3 is 0 Å². The van der Waals surface area contributed by atoms with Crippen molar-refractivity contribution in [3.8, 4) is 0 Å². The average Bonchev–Trinajstić information content (AvgIpc) is 2.29. The second-order valence-corrected chi connectivity index (χ2v) is 3.71. The highest BCUT2D eigenvalue weighted by molar-refractivity contribution is 5.48. The van der Waals surface area contributed by atoms with Crippen molar-refractivity contribution in [2.45, 2.75) is 13.0 Å². The van der Waals surface area contributed by atoms with Gasteiger partial charge in [0, 0.05) is 25.4 Å². The average molecular weight is 237 g/mol. The molecule has 5 nitrogen and oxygen atoms in total. The molecule has 2 heterocycles. The van der Waals surface area contributed by atoms with Gasteiger partial charge in [-0.2, -0.15) is 0 Å². The summed E-state index contributed by atoms with van der Waals surface area (Å²) in [6.07, 6.45) is 0.972. The van der Waals surface area contributed by atoms with E-state index >= 15 is 0 Å². The number of anilines is 1. The molecule has 0 radical (unpaired) electrons. The van der Waals surface area contributed by atoms with Gasteiger partial charge in [0.25, 0.3) is 5.56 Å². The van der Waals surface area contributed by atoms with Crippen LogP contribution in [-0.2, 0) is 4.74 Å². The smallest absolute Gasteiger partial charge is 0.258 e. The number of nitrogen functional groups attached to an aromatic ring is 1. The van der Waals surface area contributed by atoms with Crippen molar-refractivity contribution in [2.75, 3.05) is 12.8 Å². The van der Waals surface area contributed by atoms with Crippen molar-refractivity contribution in [1.29, 1.82) is 0 Å². The summed E-state index contributed by atoms with van der Waals surface area (Å²) in [6.45, 7) is 1.73. The zero-order valence-electron chi connectivity index (χ0n) is 9.48. The van der Waals surface area contributed by atoms with Crippen LogP contribution in [0.1, 0.15) is 18.7 Å². The molecule has 90 valence electrons. The van der Waals surface area contributed by atoms with E-state index in [0.717, 1.165) is 10.5 Å². The number of aromatic nitrogens is 2. The standard InChI is InChI=1S/C11H12FN3O2/c1-6(17-2)9-4-10(16)15-5-7(13)3-8(12)11(15)14-9/h3-6H,13H2,1-2H3/t6-/m0/s1. The molecule has 2 aromatic rings. The Labute approximate surface area is 96.7 Å². The van der Waals surface area contributed by atoms with Crippen LogP contribution in [0.5, 0.6) is 0 Å². The number of ether oxygens (including phenoxy) is 1. The molecule has 17 heavy (non-hydrogen) atoms. The van der Waals surface area contributed by atoms with Crippen LogP contribution in [0.25, 0.3) is 5.65 Å². The van der Waals surface area contributed by atoms with Crippen LogP contribution in [-0.4, -0.2) is 16.5 Å². The third kappa shape index (κ3) is 1.99. The maximum Gasteiger partial charge on any atom is 0.258 e. The number of nitrogens with two attached hydrogens (primary N) is 1. The lowest BCUT2D eigenvalue weighted by Gasteiger charge is -2.10. The van der Waals surface area contributed by atoms with Crippen molar-refractivity contribution in [2.24, 2.45) is 0 Å². The zero-order chi connectivity index (χ0) is 12.6. The van der Waals surface area contributed by atoms with E-state index in [-0.39, 0.29) is 23.0 Å². The first-order chi connectivity index (χ1) is 8.02. The first-order valence-electron chi connectivity index (χ1n) is 5.04. The molecule has 2 rings (SSSR count). The molecular weight excluding hydrogens is 225 g/mol. The normalized spacial score (nSPS) is 12.9. The quantitative estimate of drug-likeness (QED) is 0.849. The summed E-state index contributed by atoms with van der Waals surface area (Å²) in [4.78, 5) is 15.8. The van der Waals surface area contributed by atoms with E-state index in [9.17, 15) is 9.18 Å². The van der Waals surface area contributed by atoms with Crippen LogP contribution in [0.3, 0.4) is 0 Å². The Morgan fingerprint density at radius 2 is 2.24 bits per heavy atom. The second-order valence-electron chi connectivity index (χ2n) is 3.71. The molecule has 2 N–H and O–H groups in total. The number of pyridine rings is 1. The summed E-state index contributed by atoms with van der Waals surface area (Å²) in [7, 11) is 1.49. The molecule has 0 spiro atoms. The van der Waals surface area contributed by atoms with Crippen LogP contribution in [0, 0.1) is 5.82 Å². The summed E-state index contributed by atoms with van der Waals surface area (Å²) in [6, 6.07) is 2.43. The lowest BCUT2D eigenvalue weighted by atomic mass is 10.2. The van der Waals surface area contributed by atoms with Crippen molar-refractivity contribution < 1.29 is 9.13 Å². The lowest BCUT2D eigenvalue weighted by molar-refractivity contribution is 0.116. The van der Waals surface area contributed by atoms with Crippen LogP contribution >= 0.6 is 0 Å². The largest absolute Gasteiger partial charge is 0.397 e. The first-order valence-corrected chi connectivity index (χ1v) is 5.04. The fourth-order valence-electron chi connectivity index (χ4n) is 1.53. The number of fused-ring (bicyclic) bond motifs is 1. The fourth-order valence-corrected chi connectivity index (χ4v) is 1.53. The number of hydrogen-bond donors (Lipinski definition) is 1. The van der Waals surface area contributed by atoms with Crippen molar-refractivity contribution in [1.82, 2.24) is 9.38 Å². The van der Waals surface area contributed by atoms with Gasteiger partial charge in [0.2, 0.25) is 0 Å². The molecule has 0 aliphatic carbocycles. The van der Waals surface area contributed by atoms with Gasteiger partial charge in [0.05, 0.1) is 17.5 Å². The van der Waals surface area contributed by atoms with Gasteiger partial charge in [-0.05, 0) is 6.92 Å². The molecule has 0 bridgehead atoms. The van der Waals surface area contributed by atoms with Crippen LogP contribution in [0.15, 0.2) is 23.1 Å². The van der Waals surface area contributed by atoms with E-state index < -0.39 is 5.82 Å². The first kappa shape index (κ1) is 11.5. The predicted octanol–water partition coefficient (Wildman–Crippen LogP) is 1.12. The van der Waals surface area contributed by atoms with Crippen LogP contribution in [0.2, 0.25) is 0 Å². The Morgan fingerprint density at radius 3 is 2.88 bits per heavy atom. The second kappa shape index (κ2) is 4.14. The predicted molar refractivity (Wildman–Crippen MR) is 61.3 cm³/mol. The van der Waals surface area contributed by atoms with E-state index in [0.29, 0.717) is 5.69 Å². The van der Waals surface area contributed by atoms with E-state index in [2.05, 4.69) is 4.98 Å². The van der Waals surface area contributed by atoms with Gasteiger partial charge in [-0.3, -0.25) is 9.20 Å². The minimum Gasteiger partial charge on any atom is -0.397 e. The lowest BCUT2D eigenvalue weighted by Crippen LogP contribution is -2.18. The highest BCUT2D eigenvalue weighted by atomic mass is 19.1. The highest BCUT2D eigenvalue weighted by Gasteiger charge is 2.12. The zero-order valence-corrected chi connectivity index (χ0v) is 9.48. The molecule has 0 saturated carbocycles. The number of hydrogen-bond acceptors (Lipinski definition) is 4. The summed E-state index contributed by atoms with van der Waals surface area (Å²) < 4.78 is 19.8. The number of methoxy groups -OCH3 is 1. The van der Waals surface area contributed by atoms with Gasteiger partial charge in [-0.1, -0.05) is 0 Å². The van der Waals surface area contributed by atoms with Crippen LogP contribution in [0.4, 0.5) is 10.1 Å². The van der Waals surface area contributed by atoms with Gasteiger partial charge in [-0.15, -0.1) is 0 Å². The summed E-state index contributed by atoms with van der Waals surface area (Å²) in [5.74, 6) is -0.632. The molecule has 0 aliphatic heterocycles. The Hall–Kier alpha value is -1.95. The Bertz CT molecular complexity index is 624. The molecule has 6 heteroatoms. The molecule has 1 atom stereocenters. The minimum absolute atomic E-state index is 0.0504. The maximum absolute atomic E-state index is 13.6. The van der Waals surface area contributed by atoms with Crippen LogP contribution < -0.4 is 11.3 Å². The summed E-state index contributed by atoms with van der Waals surface area (Å²) >= 11 is 0. The fraction of sp³-hybridized carbons (Fsp3) is 0.273. The number of halogens is 1. The molecule has 0 unspecified atom stereocenters. The highest BCUT2D eigenvalue weighted by Crippen LogP contribution is 2.15. The monoisotopic (exact) mass is 237 g/mol. The third-order valence-corrected chi connectivity index (χ3v) is 2.53. The Balaban J connectivity index is 2.78. The summed E-state index contributed by atoms with van der Waals surface area (Å²) in [5.41, 5.74) is 5.59. The molecule has 0 aromatic carbocycles. The Kier molecular flexibility index (Phi) is 2.81. The molecule has 0 aliphatic rings. The maximum atomic E-state index is 13.6. The van der Waals surface area contributed by atoms with E-state index in [1.165, 1.54) is 19.4 Å². The molecule has 0 amide bonds. The van der Waals surface area contributed by atoms with Crippen molar-refractivity contribution in [3.05, 3.63) is 40.2 Å². The number of nitrogens with zero attached hydrogens (tertiary/aromatic N) is 2. The van der Waals surface area contributed by atoms with Gasteiger partial charge in [0.1, 0.15) is 0 Å². The topological polar surface area (TPSA) is 69.6 Å². The molecule has 0 fully saturated rings. The van der Waals surface area contributed by atoms with Crippen molar-refractivity contribution in [3.63, 3.8) is 0 Å². The number of rotatable bonds is 2. The van der Waals surface area contributed by atoms with Gasteiger partial charge in [-0.25, -0.2) is 9.37 Å². The molecular formula is C11H12FN3O2. The third-order valence-electron chi connectivity index (χ3n) is 2.53. The van der Waals surface area contributed by atoms with Crippen molar-refractivity contribution >= 4 is 11.3 Å². The Morgan fingerprint density at radius 1 is 1.53 bits per heavy atom. The van der Waals surface area contributed by atoms with Gasteiger partial charge in [0.15, 0.2) is 11.5 Å². The molecule has 2 aromatic heterocycles. The van der Waals surface area contributed by atoms with E-state index in [1.54, 1.807) is 6.92 Å².